The molecule has 0 spiro atoms. The Morgan fingerprint density at radius 3 is 1.18 bits per heavy atom. The molecule has 0 saturated heterocycles. The first-order valence-corrected chi connectivity index (χ1v) is 17.7. The van der Waals surface area contributed by atoms with Crippen molar-refractivity contribution < 1.29 is 19.7 Å². The lowest BCUT2D eigenvalue weighted by Crippen LogP contribution is -2.55. The molecule has 0 radical (unpaired) electrons. The molecule has 0 aromatic heterocycles. The summed E-state index contributed by atoms with van der Waals surface area (Å²) in [4.78, 5) is 14.3. The first-order chi connectivity index (χ1) is 19.4. The van der Waals surface area contributed by atoms with E-state index in [1.54, 1.807) is 0 Å². The highest BCUT2D eigenvalue weighted by Gasteiger charge is 2.52. The third kappa shape index (κ3) is 10.8. The maximum Gasteiger partial charge on any atom is 0.334 e. The summed E-state index contributed by atoms with van der Waals surface area (Å²) in [6, 6.07) is 0. The van der Waals surface area contributed by atoms with Crippen molar-refractivity contribution in [3.8, 4) is 0 Å². The first-order valence-electron chi connectivity index (χ1n) is 17.7. The van der Waals surface area contributed by atoms with E-state index >= 15 is 0 Å². The second-order valence-corrected chi connectivity index (χ2v) is 14.1. The smallest absolute Gasteiger partial charge is 0.334 e. The van der Waals surface area contributed by atoms with E-state index in [1.807, 2.05) is 13.8 Å². The Balaban J connectivity index is 1.96. The first kappa shape index (κ1) is 33.6. The Morgan fingerprint density at radius 2 is 0.850 bits per heavy atom. The lowest BCUT2D eigenvalue weighted by atomic mass is 9.63. The van der Waals surface area contributed by atoms with Gasteiger partial charge in [-0.3, -0.25) is 0 Å². The molecule has 0 aromatic carbocycles. The highest BCUT2D eigenvalue weighted by molar-refractivity contribution is 5.90. The van der Waals surface area contributed by atoms with Gasteiger partial charge in [0.15, 0.2) is 0 Å². The number of carbonyl (C=O) groups is 1. The van der Waals surface area contributed by atoms with E-state index in [2.05, 4.69) is 0 Å². The van der Waals surface area contributed by atoms with E-state index in [0.717, 1.165) is 82.6 Å². The second-order valence-electron chi connectivity index (χ2n) is 14.1. The lowest BCUT2D eigenvalue weighted by molar-refractivity contribution is -0.158. The molecule has 40 heavy (non-hydrogen) atoms. The van der Waals surface area contributed by atoms with Gasteiger partial charge in [0.1, 0.15) is 6.10 Å². The van der Waals surface area contributed by atoms with Gasteiger partial charge in [0.05, 0.1) is 11.2 Å². The van der Waals surface area contributed by atoms with E-state index in [4.69, 9.17) is 4.74 Å². The molecule has 4 heteroatoms. The van der Waals surface area contributed by atoms with Gasteiger partial charge in [0.2, 0.25) is 0 Å². The van der Waals surface area contributed by atoms with Crippen molar-refractivity contribution in [1.29, 1.82) is 0 Å². The van der Waals surface area contributed by atoms with Crippen molar-refractivity contribution in [1.82, 2.24) is 0 Å². The number of rotatable bonds is 5. The zero-order valence-electron chi connectivity index (χ0n) is 26.5. The summed E-state index contributed by atoms with van der Waals surface area (Å²) in [7, 11) is 0. The van der Waals surface area contributed by atoms with Gasteiger partial charge in [-0.25, -0.2) is 4.79 Å². The Labute approximate surface area is 247 Å². The highest BCUT2D eigenvalue weighted by atomic mass is 16.5. The molecule has 3 fully saturated rings. The predicted molar refractivity (Wildman–Crippen MR) is 166 cm³/mol. The number of hydrogen-bond donors (Lipinski definition) is 2. The largest absolute Gasteiger partial charge is 0.459 e. The average Bonchev–Trinajstić information content (AvgIpc) is 2.93. The maximum absolute atomic E-state index is 14.3. The second kappa shape index (κ2) is 17.9. The van der Waals surface area contributed by atoms with Crippen LogP contribution >= 0.6 is 0 Å². The summed E-state index contributed by atoms with van der Waals surface area (Å²) >= 11 is 0. The summed E-state index contributed by atoms with van der Waals surface area (Å²) in [6.45, 7) is 4.01. The fourth-order valence-electron chi connectivity index (χ4n) is 8.07. The number of hydrogen-bond acceptors (Lipinski definition) is 4. The summed E-state index contributed by atoms with van der Waals surface area (Å²) in [5.41, 5.74) is -0.668. The summed E-state index contributed by atoms with van der Waals surface area (Å²) < 4.78 is 6.38. The molecule has 0 amide bonds. The van der Waals surface area contributed by atoms with Crippen molar-refractivity contribution in [2.24, 2.45) is 5.92 Å². The summed E-state index contributed by atoms with van der Waals surface area (Å²) in [5, 5.41) is 25.4. The molecular formula is C36H64O4. The molecule has 3 aliphatic rings. The van der Waals surface area contributed by atoms with Gasteiger partial charge in [-0.05, 0) is 65.2 Å². The standard InChI is InChI=1S/C36H64O4/c1-30(2)32(34(37)40-31-24-18-12-6-3-7-13-19-25-31)33(35(38)26-20-14-8-4-9-15-21-27-35)36(39)28-22-16-10-5-11-17-23-29-36/h31,33,38-39H,3-29H2,1-2H3. The van der Waals surface area contributed by atoms with Crippen LogP contribution in [0.15, 0.2) is 11.1 Å². The Morgan fingerprint density at radius 1 is 0.550 bits per heavy atom. The fraction of sp³-hybridized carbons (Fsp3) is 0.917. The molecule has 3 saturated carbocycles. The molecule has 0 bridgehead atoms. The molecule has 0 atom stereocenters. The van der Waals surface area contributed by atoms with Crippen LogP contribution in [-0.2, 0) is 9.53 Å². The van der Waals surface area contributed by atoms with E-state index in [1.165, 1.54) is 70.6 Å². The minimum Gasteiger partial charge on any atom is -0.459 e. The van der Waals surface area contributed by atoms with Crippen LogP contribution in [0.5, 0.6) is 0 Å². The quantitative estimate of drug-likeness (QED) is 0.259. The number of aliphatic hydroxyl groups is 2. The van der Waals surface area contributed by atoms with Gasteiger partial charge < -0.3 is 14.9 Å². The Kier molecular flexibility index (Phi) is 15.1. The summed E-state index contributed by atoms with van der Waals surface area (Å²) in [5.74, 6) is -0.848. The zero-order chi connectivity index (χ0) is 28.7. The molecule has 232 valence electrons. The van der Waals surface area contributed by atoms with Crippen LogP contribution in [0, 0.1) is 5.92 Å². The van der Waals surface area contributed by atoms with Crippen molar-refractivity contribution >= 4 is 5.97 Å². The third-order valence-electron chi connectivity index (χ3n) is 10.4. The number of allylic oxidation sites excluding steroid dienone is 1. The SMILES string of the molecule is CC(C)=C(C(=O)OC1CCCCCCCCC1)C(C1(O)CCCCCCCCC1)C1(O)CCCCCCCCC1. The van der Waals surface area contributed by atoms with Gasteiger partial charge >= 0.3 is 5.97 Å². The van der Waals surface area contributed by atoms with Gasteiger partial charge in [-0.1, -0.05) is 128 Å². The summed E-state index contributed by atoms with van der Waals surface area (Å²) in [6.07, 6.45) is 28.7. The molecule has 0 unspecified atom stereocenters. The van der Waals surface area contributed by atoms with Crippen LogP contribution in [-0.4, -0.2) is 33.5 Å². The van der Waals surface area contributed by atoms with Crippen molar-refractivity contribution in [3.63, 3.8) is 0 Å². The molecular weight excluding hydrogens is 496 g/mol. The number of ether oxygens (including phenoxy) is 1. The number of esters is 1. The van der Waals surface area contributed by atoms with Crippen LogP contribution in [0.2, 0.25) is 0 Å². The van der Waals surface area contributed by atoms with E-state index in [9.17, 15) is 15.0 Å². The van der Waals surface area contributed by atoms with E-state index in [-0.39, 0.29) is 12.1 Å². The Bertz CT molecular complexity index is 690. The number of carbonyl (C=O) groups excluding carboxylic acids is 1. The fourth-order valence-corrected chi connectivity index (χ4v) is 8.07. The van der Waals surface area contributed by atoms with Crippen LogP contribution in [0.3, 0.4) is 0 Å². The average molecular weight is 561 g/mol. The Hall–Kier alpha value is -0.870. The predicted octanol–water partition coefficient (Wildman–Crippen LogP) is 9.89. The molecule has 2 N–H and O–H groups in total. The minimum absolute atomic E-state index is 0.0574. The minimum atomic E-state index is -1.09. The van der Waals surface area contributed by atoms with Crippen molar-refractivity contribution in [2.45, 2.75) is 205 Å². The van der Waals surface area contributed by atoms with Crippen molar-refractivity contribution in [2.75, 3.05) is 0 Å². The molecule has 0 heterocycles. The molecule has 0 aromatic rings. The lowest BCUT2D eigenvalue weighted by Gasteiger charge is -2.48. The topological polar surface area (TPSA) is 66.8 Å². The van der Waals surface area contributed by atoms with Gasteiger partial charge in [-0.15, -0.1) is 0 Å². The van der Waals surface area contributed by atoms with E-state index in [0.29, 0.717) is 31.3 Å². The van der Waals surface area contributed by atoms with Gasteiger partial charge in [0.25, 0.3) is 0 Å². The van der Waals surface area contributed by atoms with Gasteiger partial charge in [-0.2, -0.15) is 0 Å². The molecule has 3 rings (SSSR count). The van der Waals surface area contributed by atoms with E-state index < -0.39 is 17.1 Å². The van der Waals surface area contributed by atoms with Crippen molar-refractivity contribution in [3.05, 3.63) is 11.1 Å². The third-order valence-corrected chi connectivity index (χ3v) is 10.4. The normalized spacial score (nSPS) is 24.9. The highest BCUT2D eigenvalue weighted by Crippen LogP contribution is 2.47. The van der Waals surface area contributed by atoms with Crippen LogP contribution < -0.4 is 0 Å². The van der Waals surface area contributed by atoms with Gasteiger partial charge in [0, 0.05) is 11.5 Å². The van der Waals surface area contributed by atoms with Crippen LogP contribution in [0.25, 0.3) is 0 Å². The van der Waals surface area contributed by atoms with Crippen LogP contribution in [0.1, 0.15) is 187 Å². The zero-order valence-corrected chi connectivity index (χ0v) is 26.5. The maximum atomic E-state index is 14.3. The molecule has 3 aliphatic carbocycles. The molecule has 0 aliphatic heterocycles. The molecule has 4 nitrogen and oxygen atoms in total. The monoisotopic (exact) mass is 560 g/mol. The van der Waals surface area contributed by atoms with Crippen LogP contribution in [0.4, 0.5) is 0 Å².